The van der Waals surface area contributed by atoms with E-state index in [9.17, 15) is 18.0 Å². The van der Waals surface area contributed by atoms with Crippen LogP contribution in [0.2, 0.25) is 5.02 Å². The van der Waals surface area contributed by atoms with Crippen molar-refractivity contribution in [2.24, 2.45) is 0 Å². The summed E-state index contributed by atoms with van der Waals surface area (Å²) in [7, 11) is -2.23. The monoisotopic (exact) mass is 535 g/mol. The third-order valence-electron chi connectivity index (χ3n) is 6.37. The number of methoxy groups -OCH3 is 1. The predicted molar refractivity (Wildman–Crippen MR) is 142 cm³/mol. The van der Waals surface area contributed by atoms with Gasteiger partial charge < -0.3 is 15.0 Å². The van der Waals surface area contributed by atoms with E-state index in [1.807, 2.05) is 19.1 Å². The van der Waals surface area contributed by atoms with Gasteiger partial charge in [-0.15, -0.1) is 0 Å². The highest BCUT2D eigenvalue weighted by Crippen LogP contribution is 2.23. The minimum Gasteiger partial charge on any atom is -0.497 e. The molecular formula is C26H34ClN3O5S. The summed E-state index contributed by atoms with van der Waals surface area (Å²) in [6.07, 6.45) is 5.41. The van der Waals surface area contributed by atoms with Gasteiger partial charge >= 0.3 is 0 Å². The Kier molecular flexibility index (Phi) is 9.62. The van der Waals surface area contributed by atoms with Gasteiger partial charge in [0.2, 0.25) is 21.8 Å². The van der Waals surface area contributed by atoms with E-state index in [0.717, 1.165) is 41.8 Å². The van der Waals surface area contributed by atoms with Gasteiger partial charge in [0.25, 0.3) is 0 Å². The molecule has 1 N–H and O–H groups in total. The molecular weight excluding hydrogens is 502 g/mol. The fourth-order valence-corrected chi connectivity index (χ4v) is 5.45. The largest absolute Gasteiger partial charge is 0.497 e. The van der Waals surface area contributed by atoms with E-state index >= 15 is 0 Å². The summed E-state index contributed by atoms with van der Waals surface area (Å²) in [6, 6.07) is 12.8. The van der Waals surface area contributed by atoms with Crippen molar-refractivity contribution in [1.82, 2.24) is 10.2 Å². The lowest BCUT2D eigenvalue weighted by molar-refractivity contribution is -0.140. The predicted octanol–water partition coefficient (Wildman–Crippen LogP) is 3.98. The zero-order chi connectivity index (χ0) is 26.3. The second-order valence-electron chi connectivity index (χ2n) is 9.03. The second kappa shape index (κ2) is 12.5. The molecule has 10 heteroatoms. The van der Waals surface area contributed by atoms with Gasteiger partial charge in [0, 0.05) is 17.6 Å². The number of sulfonamides is 1. The number of halogens is 1. The van der Waals surface area contributed by atoms with Crippen molar-refractivity contribution in [2.75, 3.05) is 24.2 Å². The van der Waals surface area contributed by atoms with E-state index in [-0.39, 0.29) is 18.5 Å². The maximum atomic E-state index is 13.7. The van der Waals surface area contributed by atoms with Crippen LogP contribution in [0.4, 0.5) is 5.69 Å². The highest BCUT2D eigenvalue weighted by molar-refractivity contribution is 7.92. The van der Waals surface area contributed by atoms with E-state index in [1.165, 1.54) is 4.90 Å². The van der Waals surface area contributed by atoms with Crippen LogP contribution >= 0.6 is 11.6 Å². The first-order chi connectivity index (χ1) is 17.1. The third-order valence-corrected chi connectivity index (χ3v) is 7.76. The Morgan fingerprint density at radius 3 is 2.39 bits per heavy atom. The molecule has 1 fully saturated rings. The molecule has 0 spiro atoms. The first kappa shape index (κ1) is 27.8. The molecule has 3 rings (SSSR count). The van der Waals surface area contributed by atoms with E-state index in [1.54, 1.807) is 43.5 Å². The molecule has 1 aliphatic rings. The van der Waals surface area contributed by atoms with Gasteiger partial charge in [-0.3, -0.25) is 13.9 Å². The van der Waals surface area contributed by atoms with Crippen molar-refractivity contribution in [1.29, 1.82) is 0 Å². The molecule has 0 aliphatic heterocycles. The Balaban J connectivity index is 1.92. The van der Waals surface area contributed by atoms with Crippen LogP contribution in [0.5, 0.6) is 5.75 Å². The minimum absolute atomic E-state index is 0.0990. The minimum atomic E-state index is -3.79. The van der Waals surface area contributed by atoms with Gasteiger partial charge in [0.15, 0.2) is 0 Å². The van der Waals surface area contributed by atoms with Crippen LogP contribution in [-0.2, 0) is 26.2 Å². The van der Waals surface area contributed by atoms with Gasteiger partial charge in [-0.25, -0.2) is 8.42 Å². The molecule has 1 saturated carbocycles. The van der Waals surface area contributed by atoms with Crippen molar-refractivity contribution < 1.29 is 22.7 Å². The standard InChI is InChI=1S/C26H34ClN3O5S/c1-4-24(26(32)28-21-9-5-6-10-21)29(17-19-8-7-11-23(16-19)35-2)25(31)18-30(36(3,33)34)22-14-12-20(27)13-15-22/h7-8,11-16,21,24H,4-6,9-10,17-18H2,1-3H3,(H,28,32)/t24-/m0/s1. The number of hydrogen-bond donors (Lipinski definition) is 1. The highest BCUT2D eigenvalue weighted by atomic mass is 35.5. The van der Waals surface area contributed by atoms with Crippen LogP contribution in [0.1, 0.15) is 44.6 Å². The number of anilines is 1. The van der Waals surface area contributed by atoms with E-state index in [4.69, 9.17) is 16.3 Å². The lowest BCUT2D eigenvalue weighted by Gasteiger charge is -2.33. The Labute approximate surface area is 218 Å². The summed E-state index contributed by atoms with van der Waals surface area (Å²) in [4.78, 5) is 28.5. The average molecular weight is 536 g/mol. The zero-order valence-electron chi connectivity index (χ0n) is 20.9. The number of hydrogen-bond acceptors (Lipinski definition) is 5. The smallest absolute Gasteiger partial charge is 0.244 e. The molecule has 1 atom stereocenters. The van der Waals surface area contributed by atoms with Crippen LogP contribution in [0, 0.1) is 0 Å². The average Bonchev–Trinajstić information content (AvgIpc) is 3.35. The van der Waals surface area contributed by atoms with Gasteiger partial charge in [-0.05, 0) is 61.2 Å². The number of rotatable bonds is 11. The summed E-state index contributed by atoms with van der Waals surface area (Å²) in [5, 5.41) is 3.54. The summed E-state index contributed by atoms with van der Waals surface area (Å²) in [6.45, 7) is 1.53. The topological polar surface area (TPSA) is 96.0 Å². The lowest BCUT2D eigenvalue weighted by Crippen LogP contribution is -2.53. The quantitative estimate of drug-likeness (QED) is 0.469. The fraction of sp³-hybridized carbons (Fsp3) is 0.462. The Morgan fingerprint density at radius 2 is 1.81 bits per heavy atom. The maximum Gasteiger partial charge on any atom is 0.244 e. The number of nitrogens with zero attached hydrogens (tertiary/aromatic N) is 2. The second-order valence-corrected chi connectivity index (χ2v) is 11.4. The molecule has 2 aromatic carbocycles. The number of carbonyl (C=O) groups is 2. The van der Waals surface area contributed by atoms with Gasteiger partial charge in [-0.1, -0.05) is 43.5 Å². The number of amides is 2. The molecule has 0 aromatic heterocycles. The van der Waals surface area contributed by atoms with Crippen LogP contribution in [0.15, 0.2) is 48.5 Å². The van der Waals surface area contributed by atoms with Crippen molar-refractivity contribution in [3.63, 3.8) is 0 Å². The first-order valence-corrected chi connectivity index (χ1v) is 14.3. The van der Waals surface area contributed by atoms with Crippen LogP contribution < -0.4 is 14.4 Å². The molecule has 0 bridgehead atoms. The maximum absolute atomic E-state index is 13.7. The van der Waals surface area contributed by atoms with Crippen LogP contribution in [0.25, 0.3) is 0 Å². The molecule has 8 nitrogen and oxygen atoms in total. The van der Waals surface area contributed by atoms with Gasteiger partial charge in [0.1, 0.15) is 18.3 Å². The van der Waals surface area contributed by atoms with Crippen molar-refractivity contribution >= 4 is 39.1 Å². The Morgan fingerprint density at radius 1 is 1.14 bits per heavy atom. The summed E-state index contributed by atoms with van der Waals surface area (Å²) in [5.74, 6) is -0.0769. The normalized spacial score (nSPS) is 14.8. The molecule has 2 aromatic rings. The Hall–Kier alpha value is -2.78. The van der Waals surface area contributed by atoms with Gasteiger partial charge in [-0.2, -0.15) is 0 Å². The van der Waals surface area contributed by atoms with E-state index in [2.05, 4.69) is 5.32 Å². The lowest BCUT2D eigenvalue weighted by atomic mass is 10.1. The van der Waals surface area contributed by atoms with Crippen LogP contribution in [0.3, 0.4) is 0 Å². The third kappa shape index (κ3) is 7.36. The zero-order valence-corrected chi connectivity index (χ0v) is 22.5. The fourth-order valence-electron chi connectivity index (χ4n) is 4.48. The number of benzene rings is 2. The SMILES string of the molecule is CC[C@@H](C(=O)NC1CCCC1)N(Cc1cccc(OC)c1)C(=O)CN(c1ccc(Cl)cc1)S(C)(=O)=O. The van der Waals surface area contributed by atoms with Crippen LogP contribution in [-0.4, -0.2) is 57.1 Å². The highest BCUT2D eigenvalue weighted by Gasteiger charge is 2.33. The Bertz CT molecular complexity index is 1150. The molecule has 196 valence electrons. The number of ether oxygens (including phenoxy) is 1. The molecule has 0 unspecified atom stereocenters. The van der Waals surface area contributed by atoms with Gasteiger partial charge in [0.05, 0.1) is 19.1 Å². The summed E-state index contributed by atoms with van der Waals surface area (Å²) < 4.78 is 31.6. The molecule has 1 aliphatic carbocycles. The van der Waals surface area contributed by atoms with Crippen molar-refractivity contribution in [3.8, 4) is 5.75 Å². The van der Waals surface area contributed by atoms with E-state index < -0.39 is 28.5 Å². The van der Waals surface area contributed by atoms with Crippen molar-refractivity contribution in [3.05, 3.63) is 59.1 Å². The summed E-state index contributed by atoms with van der Waals surface area (Å²) in [5.41, 5.74) is 1.09. The summed E-state index contributed by atoms with van der Waals surface area (Å²) >= 11 is 5.97. The molecule has 0 saturated heterocycles. The number of carbonyl (C=O) groups excluding carboxylic acids is 2. The van der Waals surface area contributed by atoms with Crippen molar-refractivity contribution in [2.45, 2.75) is 57.7 Å². The first-order valence-electron chi connectivity index (χ1n) is 12.1. The molecule has 0 heterocycles. The molecule has 2 amide bonds. The number of nitrogens with one attached hydrogen (secondary N) is 1. The molecule has 36 heavy (non-hydrogen) atoms. The van der Waals surface area contributed by atoms with E-state index in [0.29, 0.717) is 22.9 Å². The molecule has 0 radical (unpaired) electrons.